The highest BCUT2D eigenvalue weighted by atomic mass is 16.5. The van der Waals surface area contributed by atoms with Crippen LogP contribution in [0.3, 0.4) is 0 Å². The molecule has 1 aliphatic carbocycles. The average molecular weight is 345 g/mol. The van der Waals surface area contributed by atoms with Crippen molar-refractivity contribution in [1.82, 2.24) is 4.90 Å². The van der Waals surface area contributed by atoms with Crippen molar-refractivity contribution in [2.75, 3.05) is 26.2 Å². The summed E-state index contributed by atoms with van der Waals surface area (Å²) < 4.78 is 6.13. The van der Waals surface area contributed by atoms with Crippen LogP contribution in [0.2, 0.25) is 0 Å². The number of likely N-dealkylation sites (N-methyl/N-ethyl adjacent to an activating group) is 1. The van der Waals surface area contributed by atoms with Gasteiger partial charge in [0.05, 0.1) is 0 Å². The molecular formula is C23H23NO2. The van der Waals surface area contributed by atoms with Crippen LogP contribution in [0.4, 0.5) is 0 Å². The quantitative estimate of drug-likeness (QED) is 0.504. The topological polar surface area (TPSA) is 29.5 Å². The van der Waals surface area contributed by atoms with Crippen LogP contribution in [0.15, 0.2) is 54.6 Å². The highest BCUT2D eigenvalue weighted by molar-refractivity contribution is 6.26. The summed E-state index contributed by atoms with van der Waals surface area (Å²) in [5, 5.41) is 2.15. The SMILES string of the molecule is CCN(CC)CCOc1cc2c(c3ccccc13)-c1ccccc1C2=O. The Hall–Kier alpha value is -2.65. The highest BCUT2D eigenvalue weighted by Crippen LogP contribution is 2.44. The van der Waals surface area contributed by atoms with Crippen LogP contribution in [0.5, 0.6) is 5.75 Å². The van der Waals surface area contributed by atoms with Crippen molar-refractivity contribution in [1.29, 1.82) is 0 Å². The Morgan fingerprint density at radius 1 is 0.846 bits per heavy atom. The van der Waals surface area contributed by atoms with Crippen LogP contribution in [0.25, 0.3) is 21.9 Å². The number of benzene rings is 3. The van der Waals surface area contributed by atoms with Gasteiger partial charge in [0.1, 0.15) is 12.4 Å². The molecule has 3 nitrogen and oxygen atoms in total. The van der Waals surface area contributed by atoms with Gasteiger partial charge in [-0.1, -0.05) is 62.4 Å². The fourth-order valence-electron chi connectivity index (χ4n) is 3.80. The second kappa shape index (κ2) is 6.93. The number of ether oxygens (including phenoxy) is 1. The molecule has 132 valence electrons. The number of hydrogen-bond donors (Lipinski definition) is 0. The Balaban J connectivity index is 1.77. The van der Waals surface area contributed by atoms with Gasteiger partial charge in [-0.3, -0.25) is 4.79 Å². The van der Waals surface area contributed by atoms with E-state index in [1.807, 2.05) is 42.5 Å². The van der Waals surface area contributed by atoms with Crippen molar-refractivity contribution in [3.8, 4) is 16.9 Å². The molecule has 0 amide bonds. The zero-order chi connectivity index (χ0) is 18.1. The minimum absolute atomic E-state index is 0.0925. The third-order valence-electron chi connectivity index (χ3n) is 5.25. The third-order valence-corrected chi connectivity index (χ3v) is 5.25. The average Bonchev–Trinajstić information content (AvgIpc) is 2.98. The van der Waals surface area contributed by atoms with Crippen molar-refractivity contribution in [2.45, 2.75) is 13.8 Å². The Labute approximate surface area is 154 Å². The molecule has 26 heavy (non-hydrogen) atoms. The highest BCUT2D eigenvalue weighted by Gasteiger charge is 2.29. The van der Waals surface area contributed by atoms with Crippen molar-refractivity contribution < 1.29 is 9.53 Å². The van der Waals surface area contributed by atoms with Crippen molar-refractivity contribution in [3.63, 3.8) is 0 Å². The second-order valence-electron chi connectivity index (χ2n) is 6.59. The molecule has 0 unspecified atom stereocenters. The molecule has 0 saturated heterocycles. The maximum absolute atomic E-state index is 12.9. The molecular weight excluding hydrogens is 322 g/mol. The lowest BCUT2D eigenvalue weighted by Gasteiger charge is -2.19. The Morgan fingerprint density at radius 3 is 2.23 bits per heavy atom. The first-order chi connectivity index (χ1) is 12.7. The van der Waals surface area contributed by atoms with E-state index in [0.717, 1.165) is 58.4 Å². The standard InChI is InChI=1S/C23H23NO2/c1-3-24(4-2)13-14-26-21-15-20-22(17-10-6-5-9-16(17)21)18-11-7-8-12-19(18)23(20)25/h5-12,15H,3-4,13-14H2,1-2H3. The smallest absolute Gasteiger partial charge is 0.194 e. The summed E-state index contributed by atoms with van der Waals surface area (Å²) in [6.07, 6.45) is 0. The van der Waals surface area contributed by atoms with Crippen LogP contribution in [-0.2, 0) is 0 Å². The normalized spacial score (nSPS) is 12.5. The van der Waals surface area contributed by atoms with E-state index >= 15 is 0 Å². The van der Waals surface area contributed by atoms with E-state index in [-0.39, 0.29) is 5.78 Å². The summed E-state index contributed by atoms with van der Waals surface area (Å²) in [6.45, 7) is 7.84. The van der Waals surface area contributed by atoms with E-state index in [0.29, 0.717) is 6.61 Å². The van der Waals surface area contributed by atoms with E-state index in [1.165, 1.54) is 0 Å². The van der Waals surface area contributed by atoms with Gasteiger partial charge >= 0.3 is 0 Å². The van der Waals surface area contributed by atoms with Gasteiger partial charge in [-0.05, 0) is 30.1 Å². The molecule has 1 aliphatic rings. The number of rotatable bonds is 6. The Morgan fingerprint density at radius 2 is 1.50 bits per heavy atom. The van der Waals surface area contributed by atoms with Gasteiger partial charge in [0.2, 0.25) is 0 Å². The number of hydrogen-bond acceptors (Lipinski definition) is 3. The molecule has 0 saturated carbocycles. The molecule has 0 spiro atoms. The minimum atomic E-state index is 0.0925. The van der Waals surface area contributed by atoms with Crippen LogP contribution < -0.4 is 4.74 Å². The molecule has 0 radical (unpaired) electrons. The molecule has 0 aromatic heterocycles. The predicted octanol–water partition coefficient (Wildman–Crippen LogP) is 4.77. The summed E-state index contributed by atoms with van der Waals surface area (Å²) in [5.74, 6) is 0.891. The molecule has 0 aliphatic heterocycles. The molecule has 0 bridgehead atoms. The summed E-state index contributed by atoms with van der Waals surface area (Å²) in [6, 6.07) is 18.0. The van der Waals surface area contributed by atoms with Gasteiger partial charge in [0, 0.05) is 28.6 Å². The number of fused-ring (bicyclic) bond motifs is 5. The summed E-state index contributed by atoms with van der Waals surface area (Å²) >= 11 is 0. The van der Waals surface area contributed by atoms with E-state index in [2.05, 4.69) is 30.9 Å². The number of carbonyl (C=O) groups excluding carboxylic acids is 1. The zero-order valence-electron chi connectivity index (χ0n) is 15.3. The first-order valence-electron chi connectivity index (χ1n) is 9.29. The Bertz CT molecular complexity index is 973. The molecule has 0 atom stereocenters. The second-order valence-corrected chi connectivity index (χ2v) is 6.59. The first kappa shape index (κ1) is 16.8. The van der Waals surface area contributed by atoms with Crippen LogP contribution in [-0.4, -0.2) is 36.9 Å². The monoisotopic (exact) mass is 345 g/mol. The fourth-order valence-corrected chi connectivity index (χ4v) is 3.80. The van der Waals surface area contributed by atoms with Crippen molar-refractivity contribution in [2.24, 2.45) is 0 Å². The minimum Gasteiger partial charge on any atom is -0.492 e. The van der Waals surface area contributed by atoms with E-state index < -0.39 is 0 Å². The van der Waals surface area contributed by atoms with Gasteiger partial charge in [-0.15, -0.1) is 0 Å². The van der Waals surface area contributed by atoms with Crippen molar-refractivity contribution in [3.05, 3.63) is 65.7 Å². The number of ketones is 1. The fraction of sp³-hybridized carbons (Fsp3) is 0.261. The Kier molecular flexibility index (Phi) is 4.48. The maximum Gasteiger partial charge on any atom is 0.194 e. The lowest BCUT2D eigenvalue weighted by atomic mass is 9.97. The number of nitrogens with zero attached hydrogens (tertiary/aromatic N) is 1. The molecule has 3 aromatic rings. The summed E-state index contributed by atoms with van der Waals surface area (Å²) in [5.41, 5.74) is 3.60. The van der Waals surface area contributed by atoms with Gasteiger partial charge in [-0.2, -0.15) is 0 Å². The lowest BCUT2D eigenvalue weighted by Crippen LogP contribution is -2.27. The van der Waals surface area contributed by atoms with Gasteiger partial charge < -0.3 is 9.64 Å². The number of carbonyl (C=O) groups is 1. The van der Waals surface area contributed by atoms with Crippen molar-refractivity contribution >= 4 is 16.6 Å². The van der Waals surface area contributed by atoms with E-state index in [9.17, 15) is 4.79 Å². The molecule has 0 N–H and O–H groups in total. The van der Waals surface area contributed by atoms with E-state index in [1.54, 1.807) is 0 Å². The molecule has 0 heterocycles. The van der Waals surface area contributed by atoms with E-state index in [4.69, 9.17) is 4.74 Å². The maximum atomic E-state index is 12.9. The van der Waals surface area contributed by atoms with Gasteiger partial charge in [0.15, 0.2) is 5.78 Å². The van der Waals surface area contributed by atoms with Crippen LogP contribution in [0.1, 0.15) is 29.8 Å². The van der Waals surface area contributed by atoms with Gasteiger partial charge in [-0.25, -0.2) is 0 Å². The zero-order valence-corrected chi connectivity index (χ0v) is 15.3. The predicted molar refractivity (Wildman–Crippen MR) is 106 cm³/mol. The molecule has 3 heteroatoms. The van der Waals surface area contributed by atoms with Crippen LogP contribution in [0, 0.1) is 0 Å². The van der Waals surface area contributed by atoms with Gasteiger partial charge in [0.25, 0.3) is 0 Å². The largest absolute Gasteiger partial charge is 0.492 e. The molecule has 3 aromatic carbocycles. The van der Waals surface area contributed by atoms with Crippen LogP contribution >= 0.6 is 0 Å². The third kappa shape index (κ3) is 2.69. The lowest BCUT2D eigenvalue weighted by molar-refractivity contribution is 0.104. The first-order valence-corrected chi connectivity index (χ1v) is 9.29. The molecule has 0 fully saturated rings. The summed E-state index contributed by atoms with van der Waals surface area (Å²) in [4.78, 5) is 15.2. The molecule has 4 rings (SSSR count). The summed E-state index contributed by atoms with van der Waals surface area (Å²) in [7, 11) is 0.